The van der Waals surface area contributed by atoms with Gasteiger partial charge in [0, 0.05) is 12.6 Å². The van der Waals surface area contributed by atoms with Gasteiger partial charge in [0.15, 0.2) is 0 Å². The molecule has 1 heterocycles. The van der Waals surface area contributed by atoms with Gasteiger partial charge in [0.05, 0.1) is 0 Å². The Bertz CT molecular complexity index is 236. The lowest BCUT2D eigenvalue weighted by molar-refractivity contribution is 0.231. The van der Waals surface area contributed by atoms with Crippen LogP contribution in [0.4, 0.5) is 8.78 Å². The first-order valence-corrected chi connectivity index (χ1v) is 5.07. The molecule has 0 spiro atoms. The molecule has 1 rings (SSSR count). The summed E-state index contributed by atoms with van der Waals surface area (Å²) in [6.45, 7) is 1.09. The van der Waals surface area contributed by atoms with Gasteiger partial charge in [-0.3, -0.25) is 0 Å². The molecule has 1 aliphatic heterocycles. The zero-order chi connectivity index (χ0) is 9.19. The molecule has 0 aromatic carbocycles. The highest BCUT2D eigenvalue weighted by atomic mass is 32.2. The summed E-state index contributed by atoms with van der Waals surface area (Å²) in [4.78, 5) is 0. The lowest BCUT2D eigenvalue weighted by Crippen LogP contribution is -2.39. The van der Waals surface area contributed by atoms with Crippen LogP contribution in [0, 0.1) is 0 Å². The lowest BCUT2D eigenvalue weighted by atomic mass is 10.3. The van der Waals surface area contributed by atoms with Crippen LogP contribution in [0.5, 0.6) is 0 Å². The van der Waals surface area contributed by atoms with E-state index in [0.29, 0.717) is 19.5 Å². The van der Waals surface area contributed by atoms with E-state index in [1.54, 1.807) is 0 Å². The summed E-state index contributed by atoms with van der Waals surface area (Å²) in [6.07, 6.45) is 0.561. The predicted molar refractivity (Wildman–Crippen MR) is 39.3 cm³/mol. The van der Waals surface area contributed by atoms with Crippen molar-refractivity contribution in [1.82, 2.24) is 10.0 Å². The Morgan fingerprint density at radius 3 is 2.58 bits per heavy atom. The third-order valence-corrected chi connectivity index (χ3v) is 2.76. The summed E-state index contributed by atoms with van der Waals surface area (Å²) < 4.78 is 46.7. The summed E-state index contributed by atoms with van der Waals surface area (Å²) in [6, 6.07) is -0.385. The van der Waals surface area contributed by atoms with Crippen LogP contribution < -0.4 is 10.0 Å². The largest absolute Gasteiger partial charge is 0.350 e. The minimum absolute atomic E-state index is 0.385. The Balaban J connectivity index is 2.49. The number of halogens is 2. The first kappa shape index (κ1) is 9.82. The molecule has 4 nitrogen and oxygen atoms in total. The van der Waals surface area contributed by atoms with E-state index < -0.39 is 15.8 Å². The SMILES string of the molecule is O=S(=O)(N[C@H]1CCNC1)C(F)F. The molecule has 12 heavy (non-hydrogen) atoms. The third kappa shape index (κ3) is 2.36. The van der Waals surface area contributed by atoms with E-state index in [4.69, 9.17) is 0 Å². The van der Waals surface area contributed by atoms with E-state index >= 15 is 0 Å². The first-order chi connectivity index (χ1) is 5.52. The van der Waals surface area contributed by atoms with E-state index in [1.807, 2.05) is 4.72 Å². The van der Waals surface area contributed by atoms with Crippen molar-refractivity contribution < 1.29 is 17.2 Å². The van der Waals surface area contributed by atoms with E-state index in [2.05, 4.69) is 5.32 Å². The maximum Gasteiger partial charge on any atom is 0.350 e. The van der Waals surface area contributed by atoms with Crippen LogP contribution in [0.2, 0.25) is 0 Å². The molecule has 2 N–H and O–H groups in total. The molecule has 0 aliphatic carbocycles. The van der Waals surface area contributed by atoms with E-state index in [9.17, 15) is 17.2 Å². The Hall–Kier alpha value is -0.270. The fourth-order valence-corrected chi connectivity index (χ4v) is 1.81. The number of sulfonamides is 1. The van der Waals surface area contributed by atoms with Gasteiger partial charge in [-0.1, -0.05) is 0 Å². The molecule has 0 unspecified atom stereocenters. The van der Waals surface area contributed by atoms with Gasteiger partial charge >= 0.3 is 5.76 Å². The summed E-state index contributed by atoms with van der Waals surface area (Å²) >= 11 is 0. The van der Waals surface area contributed by atoms with Crippen molar-refractivity contribution in [3.05, 3.63) is 0 Å². The van der Waals surface area contributed by atoms with Crippen molar-refractivity contribution in [3.8, 4) is 0 Å². The molecule has 0 saturated carbocycles. The number of hydrogen-bond acceptors (Lipinski definition) is 3. The topological polar surface area (TPSA) is 58.2 Å². The molecule has 1 aliphatic rings. The smallest absolute Gasteiger partial charge is 0.315 e. The van der Waals surface area contributed by atoms with E-state index in [0.717, 1.165) is 0 Å². The maximum absolute atomic E-state index is 11.8. The quantitative estimate of drug-likeness (QED) is 0.645. The standard InChI is InChI=1S/C5H10F2N2O2S/c6-5(7)12(10,11)9-4-1-2-8-3-4/h4-5,8-9H,1-3H2/t4-/m0/s1. The summed E-state index contributed by atoms with van der Waals surface area (Å²) in [7, 11) is -4.40. The second kappa shape index (κ2) is 3.63. The highest BCUT2D eigenvalue weighted by Crippen LogP contribution is 2.06. The summed E-state index contributed by atoms with van der Waals surface area (Å²) in [5.41, 5.74) is 0. The number of alkyl halides is 2. The molecular formula is C5H10F2N2O2S. The van der Waals surface area contributed by atoms with Gasteiger partial charge in [-0.15, -0.1) is 0 Å². The van der Waals surface area contributed by atoms with Gasteiger partial charge in [0.25, 0.3) is 10.0 Å². The van der Waals surface area contributed by atoms with Gasteiger partial charge in [0.2, 0.25) is 0 Å². The van der Waals surface area contributed by atoms with Crippen LogP contribution in [0.3, 0.4) is 0 Å². The number of rotatable bonds is 3. The molecule has 0 radical (unpaired) electrons. The molecular weight excluding hydrogens is 190 g/mol. The zero-order valence-electron chi connectivity index (χ0n) is 6.26. The fraction of sp³-hybridized carbons (Fsp3) is 1.00. The lowest BCUT2D eigenvalue weighted by Gasteiger charge is -2.10. The Kier molecular flexibility index (Phi) is 2.97. The zero-order valence-corrected chi connectivity index (χ0v) is 7.07. The third-order valence-electron chi connectivity index (χ3n) is 1.63. The summed E-state index contributed by atoms with van der Waals surface area (Å²) in [5, 5.41) is 2.86. The Morgan fingerprint density at radius 2 is 2.17 bits per heavy atom. The van der Waals surface area contributed by atoms with Crippen molar-refractivity contribution >= 4 is 10.0 Å². The Labute approximate surface area is 69.4 Å². The minimum Gasteiger partial charge on any atom is -0.315 e. The van der Waals surface area contributed by atoms with Gasteiger partial charge in [-0.25, -0.2) is 13.1 Å². The first-order valence-electron chi connectivity index (χ1n) is 3.52. The van der Waals surface area contributed by atoms with Crippen LogP contribution in [-0.4, -0.2) is 33.3 Å². The molecule has 0 aromatic rings. The number of hydrogen-bond donors (Lipinski definition) is 2. The Morgan fingerprint density at radius 1 is 1.50 bits per heavy atom. The second-order valence-corrected chi connectivity index (χ2v) is 4.30. The normalized spacial score (nSPS) is 25.1. The number of nitrogens with one attached hydrogen (secondary N) is 2. The van der Waals surface area contributed by atoms with Crippen molar-refractivity contribution in [2.75, 3.05) is 13.1 Å². The molecule has 1 fully saturated rings. The fourth-order valence-electron chi connectivity index (χ4n) is 1.04. The molecule has 1 atom stereocenters. The van der Waals surface area contributed by atoms with Crippen LogP contribution in [-0.2, 0) is 10.0 Å². The molecule has 7 heteroatoms. The van der Waals surface area contributed by atoms with Crippen molar-refractivity contribution in [1.29, 1.82) is 0 Å². The van der Waals surface area contributed by atoms with Gasteiger partial charge < -0.3 is 5.32 Å². The average Bonchev–Trinajstić information content (AvgIpc) is 2.38. The summed E-state index contributed by atoms with van der Waals surface area (Å²) in [5.74, 6) is -3.34. The molecule has 0 aromatic heterocycles. The van der Waals surface area contributed by atoms with Crippen molar-refractivity contribution in [2.24, 2.45) is 0 Å². The predicted octanol–water partition coefficient (Wildman–Crippen LogP) is -0.510. The van der Waals surface area contributed by atoms with E-state index in [1.165, 1.54) is 0 Å². The maximum atomic E-state index is 11.8. The highest BCUT2D eigenvalue weighted by Gasteiger charge is 2.28. The van der Waals surface area contributed by atoms with E-state index in [-0.39, 0.29) is 6.04 Å². The van der Waals surface area contributed by atoms with Gasteiger partial charge in [-0.05, 0) is 13.0 Å². The monoisotopic (exact) mass is 200 g/mol. The second-order valence-electron chi connectivity index (χ2n) is 2.61. The van der Waals surface area contributed by atoms with Gasteiger partial charge in [0.1, 0.15) is 0 Å². The minimum atomic E-state index is -4.40. The molecule has 72 valence electrons. The van der Waals surface area contributed by atoms with Crippen molar-refractivity contribution in [2.45, 2.75) is 18.2 Å². The van der Waals surface area contributed by atoms with Gasteiger partial charge in [-0.2, -0.15) is 8.78 Å². The molecule has 0 amide bonds. The highest BCUT2D eigenvalue weighted by molar-refractivity contribution is 7.89. The van der Waals surface area contributed by atoms with Crippen LogP contribution in [0.1, 0.15) is 6.42 Å². The van der Waals surface area contributed by atoms with Crippen molar-refractivity contribution in [3.63, 3.8) is 0 Å². The van der Waals surface area contributed by atoms with Crippen LogP contribution in [0.15, 0.2) is 0 Å². The molecule has 1 saturated heterocycles. The average molecular weight is 200 g/mol. The molecule has 0 bridgehead atoms. The van der Waals surface area contributed by atoms with Crippen LogP contribution >= 0.6 is 0 Å². The van der Waals surface area contributed by atoms with Crippen LogP contribution in [0.25, 0.3) is 0 Å².